The van der Waals surface area contributed by atoms with Crippen molar-refractivity contribution in [2.24, 2.45) is 5.92 Å². The van der Waals surface area contributed by atoms with Gasteiger partial charge in [-0.3, -0.25) is 4.79 Å². The predicted octanol–water partition coefficient (Wildman–Crippen LogP) is 0.930. The van der Waals surface area contributed by atoms with Crippen molar-refractivity contribution < 1.29 is 14.3 Å². The molecule has 2 aliphatic rings. The molecular formula is C9H11NO3. The van der Waals surface area contributed by atoms with Crippen molar-refractivity contribution >= 4 is 12.0 Å². The van der Waals surface area contributed by atoms with E-state index in [1.165, 1.54) is 6.92 Å². The van der Waals surface area contributed by atoms with Gasteiger partial charge in [0.2, 0.25) is 5.91 Å². The van der Waals surface area contributed by atoms with E-state index in [1.54, 1.807) is 0 Å². The summed E-state index contributed by atoms with van der Waals surface area (Å²) < 4.78 is 5.09. The molecule has 4 nitrogen and oxygen atoms in total. The first-order valence-electron chi connectivity index (χ1n) is 4.34. The first-order chi connectivity index (χ1) is 6.18. The summed E-state index contributed by atoms with van der Waals surface area (Å²) in [4.78, 5) is 23.4. The molecule has 2 unspecified atom stereocenters. The molecule has 70 valence electrons. The largest absolute Gasteiger partial charge is 0.445 e. The fourth-order valence-electron chi connectivity index (χ4n) is 1.74. The van der Waals surface area contributed by atoms with Gasteiger partial charge in [0, 0.05) is 25.8 Å². The van der Waals surface area contributed by atoms with E-state index in [0.717, 1.165) is 11.3 Å². The first-order valence-corrected chi connectivity index (χ1v) is 4.34. The smallest absolute Gasteiger partial charge is 0.416 e. The molecule has 1 heterocycles. The third-order valence-electron chi connectivity index (χ3n) is 2.48. The molecule has 0 radical (unpaired) electrons. The van der Waals surface area contributed by atoms with E-state index in [0.29, 0.717) is 6.54 Å². The van der Waals surface area contributed by atoms with E-state index in [2.05, 4.69) is 0 Å². The Bertz CT molecular complexity index is 285. The summed E-state index contributed by atoms with van der Waals surface area (Å²) in [5, 5.41) is 0. The van der Waals surface area contributed by atoms with Crippen molar-refractivity contribution in [3.05, 3.63) is 12.2 Å². The second kappa shape index (κ2) is 2.87. The Labute approximate surface area is 76.2 Å². The van der Waals surface area contributed by atoms with Crippen molar-refractivity contribution in [2.75, 3.05) is 6.54 Å². The highest BCUT2D eigenvalue weighted by atomic mass is 16.6. The normalized spacial score (nSPS) is 31.5. The number of fused-ring (bicyclic) bond motifs is 1. The quantitative estimate of drug-likeness (QED) is 0.522. The molecule has 2 atom stereocenters. The number of rotatable bonds is 0. The Morgan fingerprint density at radius 2 is 2.46 bits per heavy atom. The van der Waals surface area contributed by atoms with Crippen LogP contribution in [-0.4, -0.2) is 29.5 Å². The standard InChI is InChI=1S/C9H11NO3/c1-6(11)10-5-7-3-2-4-8(7)13-9(10)12/h2-3,7-8H,4-5H2,1H3. The Balaban J connectivity index is 2.13. The monoisotopic (exact) mass is 181 g/mol. The topological polar surface area (TPSA) is 46.6 Å². The molecule has 0 aromatic carbocycles. The molecule has 13 heavy (non-hydrogen) atoms. The second-order valence-corrected chi connectivity index (χ2v) is 3.38. The molecule has 1 fully saturated rings. The summed E-state index contributed by atoms with van der Waals surface area (Å²) in [7, 11) is 0. The van der Waals surface area contributed by atoms with Gasteiger partial charge in [0.15, 0.2) is 0 Å². The molecule has 1 aliphatic heterocycles. The van der Waals surface area contributed by atoms with Gasteiger partial charge in [-0.25, -0.2) is 9.69 Å². The van der Waals surface area contributed by atoms with Gasteiger partial charge in [-0.1, -0.05) is 12.2 Å². The van der Waals surface area contributed by atoms with Crippen LogP contribution in [0.25, 0.3) is 0 Å². The molecule has 0 spiro atoms. The minimum atomic E-state index is -0.502. The van der Waals surface area contributed by atoms with Crippen LogP contribution in [0.15, 0.2) is 12.2 Å². The van der Waals surface area contributed by atoms with Gasteiger partial charge in [0.25, 0.3) is 0 Å². The zero-order valence-electron chi connectivity index (χ0n) is 7.40. The molecule has 2 rings (SSSR count). The lowest BCUT2D eigenvalue weighted by Crippen LogP contribution is -2.48. The van der Waals surface area contributed by atoms with Crippen molar-refractivity contribution in [2.45, 2.75) is 19.4 Å². The number of carbonyl (C=O) groups excluding carboxylic acids is 2. The zero-order chi connectivity index (χ0) is 9.42. The highest BCUT2D eigenvalue weighted by Gasteiger charge is 2.37. The number of imide groups is 1. The Morgan fingerprint density at radius 1 is 1.69 bits per heavy atom. The van der Waals surface area contributed by atoms with Crippen LogP contribution >= 0.6 is 0 Å². The van der Waals surface area contributed by atoms with E-state index < -0.39 is 6.09 Å². The molecule has 0 aromatic heterocycles. The number of hydrogen-bond acceptors (Lipinski definition) is 3. The van der Waals surface area contributed by atoms with Gasteiger partial charge in [-0.15, -0.1) is 0 Å². The van der Waals surface area contributed by atoms with Crippen LogP contribution in [0.2, 0.25) is 0 Å². The third kappa shape index (κ3) is 1.32. The van der Waals surface area contributed by atoms with Crippen molar-refractivity contribution in [1.82, 2.24) is 4.90 Å². The van der Waals surface area contributed by atoms with Crippen molar-refractivity contribution in [3.63, 3.8) is 0 Å². The minimum absolute atomic E-state index is 0.0388. The van der Waals surface area contributed by atoms with Crippen LogP contribution in [-0.2, 0) is 9.53 Å². The number of ether oxygens (including phenoxy) is 1. The minimum Gasteiger partial charge on any atom is -0.445 e. The van der Waals surface area contributed by atoms with Gasteiger partial charge in [0.05, 0.1) is 0 Å². The van der Waals surface area contributed by atoms with Gasteiger partial charge in [-0.05, 0) is 0 Å². The maximum absolute atomic E-state index is 11.2. The van der Waals surface area contributed by atoms with Crippen LogP contribution in [0.3, 0.4) is 0 Å². The lowest BCUT2D eigenvalue weighted by molar-refractivity contribution is -0.130. The third-order valence-corrected chi connectivity index (χ3v) is 2.48. The molecule has 0 saturated carbocycles. The lowest BCUT2D eigenvalue weighted by atomic mass is 10.0. The maximum atomic E-state index is 11.2. The molecule has 0 aromatic rings. The summed E-state index contributed by atoms with van der Waals surface area (Å²) >= 11 is 0. The van der Waals surface area contributed by atoms with E-state index in [1.807, 2.05) is 12.2 Å². The molecule has 0 N–H and O–H groups in total. The van der Waals surface area contributed by atoms with Crippen molar-refractivity contribution in [1.29, 1.82) is 0 Å². The summed E-state index contributed by atoms with van der Waals surface area (Å²) in [6, 6.07) is 0. The maximum Gasteiger partial charge on any atom is 0.416 e. The summed E-state index contributed by atoms with van der Waals surface area (Å²) in [6.07, 6.45) is 4.24. The predicted molar refractivity (Wildman–Crippen MR) is 44.9 cm³/mol. The molecule has 1 saturated heterocycles. The number of hydrogen-bond donors (Lipinski definition) is 0. The van der Waals surface area contributed by atoms with Crippen LogP contribution in [0.1, 0.15) is 13.3 Å². The first kappa shape index (κ1) is 8.29. The van der Waals surface area contributed by atoms with E-state index in [9.17, 15) is 9.59 Å². The Morgan fingerprint density at radius 3 is 3.15 bits per heavy atom. The Hall–Kier alpha value is -1.32. The van der Waals surface area contributed by atoms with E-state index >= 15 is 0 Å². The highest BCUT2D eigenvalue weighted by Crippen LogP contribution is 2.27. The molecule has 1 aliphatic carbocycles. The molecular weight excluding hydrogens is 170 g/mol. The van der Waals surface area contributed by atoms with Crippen molar-refractivity contribution in [3.8, 4) is 0 Å². The zero-order valence-corrected chi connectivity index (χ0v) is 7.40. The fraction of sp³-hybridized carbons (Fsp3) is 0.556. The van der Waals surface area contributed by atoms with Crippen LogP contribution in [0.4, 0.5) is 4.79 Å². The fourth-order valence-corrected chi connectivity index (χ4v) is 1.74. The highest BCUT2D eigenvalue weighted by molar-refractivity contribution is 5.91. The number of nitrogens with zero attached hydrogens (tertiary/aromatic N) is 1. The molecule has 4 heteroatoms. The summed E-state index contributed by atoms with van der Waals surface area (Å²) in [6.45, 7) is 1.84. The van der Waals surface area contributed by atoms with Crippen LogP contribution in [0, 0.1) is 5.92 Å². The number of carbonyl (C=O) groups is 2. The van der Waals surface area contributed by atoms with Crippen LogP contribution < -0.4 is 0 Å². The average molecular weight is 181 g/mol. The number of amides is 2. The Kier molecular flexibility index (Phi) is 1.83. The molecule has 0 bridgehead atoms. The van der Waals surface area contributed by atoms with Gasteiger partial charge in [0.1, 0.15) is 6.10 Å². The van der Waals surface area contributed by atoms with Gasteiger partial charge >= 0.3 is 6.09 Å². The van der Waals surface area contributed by atoms with Gasteiger partial charge < -0.3 is 4.74 Å². The second-order valence-electron chi connectivity index (χ2n) is 3.38. The molecule has 2 amide bonds. The van der Waals surface area contributed by atoms with E-state index in [4.69, 9.17) is 4.74 Å². The summed E-state index contributed by atoms with van der Waals surface area (Å²) in [5.41, 5.74) is 0. The van der Waals surface area contributed by atoms with Crippen LogP contribution in [0.5, 0.6) is 0 Å². The summed E-state index contributed by atoms with van der Waals surface area (Å²) in [5.74, 6) is -0.0506. The van der Waals surface area contributed by atoms with E-state index in [-0.39, 0.29) is 17.9 Å². The average Bonchev–Trinajstić information content (AvgIpc) is 2.48. The lowest BCUT2D eigenvalue weighted by Gasteiger charge is -2.32. The SMILES string of the molecule is CC(=O)N1CC2C=CCC2OC1=O. The van der Waals surface area contributed by atoms with Gasteiger partial charge in [-0.2, -0.15) is 0 Å².